The molecular weight excluding hydrogens is 374 g/mol. The first-order valence-corrected chi connectivity index (χ1v) is 8.54. The molecule has 130 valence electrons. The summed E-state index contributed by atoms with van der Waals surface area (Å²) >= 11 is 11.0. The normalized spacial score (nSPS) is 14.6. The SMILES string of the molecule is CC(c1nc(=S)[nH]n1-c1ccc(Cl)cn1)N1C(=O)c2ccccc2C1=O. The molecule has 3 heterocycles. The lowest BCUT2D eigenvalue weighted by Gasteiger charge is -2.22. The number of pyridine rings is 1. The molecule has 2 aromatic heterocycles. The van der Waals surface area contributed by atoms with E-state index in [1.807, 2.05) is 0 Å². The molecule has 0 aliphatic carbocycles. The topological polar surface area (TPSA) is 83.9 Å². The Balaban J connectivity index is 1.78. The molecule has 3 aromatic rings. The highest BCUT2D eigenvalue weighted by molar-refractivity contribution is 7.71. The number of halogens is 1. The average Bonchev–Trinajstić information content (AvgIpc) is 3.14. The van der Waals surface area contributed by atoms with Crippen molar-refractivity contribution in [2.75, 3.05) is 0 Å². The fraction of sp³-hybridized carbons (Fsp3) is 0.118. The van der Waals surface area contributed by atoms with Crippen LogP contribution >= 0.6 is 23.8 Å². The molecule has 1 aliphatic heterocycles. The quantitative estimate of drug-likeness (QED) is 0.552. The predicted octanol–water partition coefficient (Wildman–Crippen LogP) is 3.34. The monoisotopic (exact) mass is 385 g/mol. The molecule has 26 heavy (non-hydrogen) atoms. The van der Waals surface area contributed by atoms with E-state index in [0.29, 0.717) is 27.8 Å². The third-order valence-corrected chi connectivity index (χ3v) is 4.59. The number of amides is 2. The molecule has 9 heteroatoms. The molecule has 0 radical (unpaired) electrons. The van der Waals surface area contributed by atoms with E-state index in [-0.39, 0.29) is 16.6 Å². The van der Waals surface area contributed by atoms with Crippen molar-refractivity contribution in [1.29, 1.82) is 0 Å². The van der Waals surface area contributed by atoms with Crippen molar-refractivity contribution in [1.82, 2.24) is 24.6 Å². The number of fused-ring (bicyclic) bond motifs is 1. The minimum Gasteiger partial charge on any atom is -0.269 e. The Hall–Kier alpha value is -2.84. The summed E-state index contributed by atoms with van der Waals surface area (Å²) in [5, 5.41) is 3.39. The molecule has 0 saturated carbocycles. The van der Waals surface area contributed by atoms with Crippen molar-refractivity contribution in [2.45, 2.75) is 13.0 Å². The summed E-state index contributed by atoms with van der Waals surface area (Å²) in [6.45, 7) is 1.72. The third-order valence-electron chi connectivity index (χ3n) is 4.18. The Kier molecular flexibility index (Phi) is 3.93. The maximum atomic E-state index is 12.7. The molecule has 0 fully saturated rings. The van der Waals surface area contributed by atoms with Crippen molar-refractivity contribution in [2.24, 2.45) is 0 Å². The fourth-order valence-electron chi connectivity index (χ4n) is 2.96. The molecule has 0 saturated heterocycles. The second kappa shape index (κ2) is 6.15. The van der Waals surface area contributed by atoms with Crippen LogP contribution in [0.4, 0.5) is 0 Å². The zero-order valence-corrected chi connectivity index (χ0v) is 15.1. The minimum atomic E-state index is -0.646. The van der Waals surface area contributed by atoms with Gasteiger partial charge in [-0.25, -0.2) is 14.6 Å². The predicted molar refractivity (Wildman–Crippen MR) is 96.9 cm³/mol. The Morgan fingerprint density at radius 1 is 1.12 bits per heavy atom. The number of H-pyrrole nitrogens is 1. The summed E-state index contributed by atoms with van der Waals surface area (Å²) in [6.07, 6.45) is 1.49. The van der Waals surface area contributed by atoms with Crippen LogP contribution in [0.1, 0.15) is 39.5 Å². The van der Waals surface area contributed by atoms with E-state index < -0.39 is 6.04 Å². The van der Waals surface area contributed by atoms with Gasteiger partial charge in [0, 0.05) is 6.20 Å². The highest BCUT2D eigenvalue weighted by Crippen LogP contribution is 2.30. The van der Waals surface area contributed by atoms with Gasteiger partial charge in [-0.15, -0.1) is 0 Å². The molecular formula is C17H12ClN5O2S. The first-order valence-electron chi connectivity index (χ1n) is 7.75. The molecule has 0 spiro atoms. The van der Waals surface area contributed by atoms with E-state index in [9.17, 15) is 9.59 Å². The number of rotatable bonds is 3. The number of imide groups is 1. The number of hydrogen-bond acceptors (Lipinski definition) is 5. The van der Waals surface area contributed by atoms with Crippen molar-refractivity contribution in [3.63, 3.8) is 0 Å². The number of carbonyl (C=O) groups is 2. The number of aromatic amines is 1. The van der Waals surface area contributed by atoms with Gasteiger partial charge in [-0.05, 0) is 43.4 Å². The van der Waals surface area contributed by atoms with Crippen LogP contribution in [-0.4, -0.2) is 36.5 Å². The second-order valence-electron chi connectivity index (χ2n) is 5.76. The average molecular weight is 386 g/mol. The van der Waals surface area contributed by atoms with Crippen LogP contribution in [0.2, 0.25) is 5.02 Å². The first kappa shape index (κ1) is 16.6. The Bertz CT molecular complexity index is 1050. The molecule has 1 unspecified atom stereocenters. The third kappa shape index (κ3) is 2.54. The Morgan fingerprint density at radius 2 is 1.77 bits per heavy atom. The zero-order valence-electron chi connectivity index (χ0n) is 13.5. The lowest BCUT2D eigenvalue weighted by atomic mass is 10.1. The van der Waals surface area contributed by atoms with Gasteiger partial charge >= 0.3 is 0 Å². The molecule has 7 nitrogen and oxygen atoms in total. The summed E-state index contributed by atoms with van der Waals surface area (Å²) in [5.74, 6) is 0.182. The summed E-state index contributed by atoms with van der Waals surface area (Å²) in [5.41, 5.74) is 0.768. The van der Waals surface area contributed by atoms with E-state index in [1.165, 1.54) is 11.1 Å². The number of hydrogen-bond donors (Lipinski definition) is 1. The summed E-state index contributed by atoms with van der Waals surface area (Å²) in [4.78, 5) is 35.1. The van der Waals surface area contributed by atoms with Crippen LogP contribution < -0.4 is 0 Å². The van der Waals surface area contributed by atoms with Crippen LogP contribution in [0, 0.1) is 4.77 Å². The lowest BCUT2D eigenvalue weighted by molar-refractivity contribution is 0.0587. The number of aromatic nitrogens is 4. The van der Waals surface area contributed by atoms with Gasteiger partial charge in [0.05, 0.1) is 22.2 Å². The van der Waals surface area contributed by atoms with Gasteiger partial charge in [0.25, 0.3) is 11.8 Å². The van der Waals surface area contributed by atoms with Crippen LogP contribution in [-0.2, 0) is 0 Å². The van der Waals surface area contributed by atoms with Gasteiger partial charge in [0.2, 0.25) is 4.77 Å². The zero-order chi connectivity index (χ0) is 18.4. The molecule has 0 bridgehead atoms. The number of carbonyl (C=O) groups excluding carboxylic acids is 2. The number of nitrogens with zero attached hydrogens (tertiary/aromatic N) is 4. The van der Waals surface area contributed by atoms with Gasteiger partial charge < -0.3 is 0 Å². The summed E-state index contributed by atoms with van der Waals surface area (Å²) in [6, 6.07) is 9.45. The van der Waals surface area contributed by atoms with E-state index >= 15 is 0 Å². The van der Waals surface area contributed by atoms with Crippen LogP contribution in [0.3, 0.4) is 0 Å². The van der Waals surface area contributed by atoms with Gasteiger partial charge in [0.15, 0.2) is 11.6 Å². The van der Waals surface area contributed by atoms with Crippen molar-refractivity contribution >= 4 is 35.6 Å². The largest absolute Gasteiger partial charge is 0.269 e. The van der Waals surface area contributed by atoms with E-state index in [1.54, 1.807) is 48.0 Å². The van der Waals surface area contributed by atoms with Gasteiger partial charge in [-0.2, -0.15) is 0 Å². The fourth-order valence-corrected chi connectivity index (χ4v) is 3.26. The van der Waals surface area contributed by atoms with Crippen LogP contribution in [0.5, 0.6) is 0 Å². The Labute approximate surface area is 158 Å². The number of nitrogens with one attached hydrogen (secondary N) is 1. The molecule has 1 aromatic carbocycles. The first-order chi connectivity index (χ1) is 12.5. The molecule has 1 atom stereocenters. The molecule has 4 rings (SSSR count). The Morgan fingerprint density at radius 3 is 2.35 bits per heavy atom. The van der Waals surface area contributed by atoms with Gasteiger partial charge in [-0.3, -0.25) is 19.6 Å². The van der Waals surface area contributed by atoms with Gasteiger partial charge in [0.1, 0.15) is 0 Å². The minimum absolute atomic E-state index is 0.222. The highest BCUT2D eigenvalue weighted by atomic mass is 35.5. The molecule has 1 N–H and O–H groups in total. The smallest absolute Gasteiger partial charge is 0.262 e. The number of benzene rings is 1. The molecule has 2 amide bonds. The lowest BCUT2D eigenvalue weighted by Crippen LogP contribution is -2.34. The van der Waals surface area contributed by atoms with Gasteiger partial charge in [-0.1, -0.05) is 23.7 Å². The van der Waals surface area contributed by atoms with E-state index in [4.69, 9.17) is 23.8 Å². The summed E-state index contributed by atoms with van der Waals surface area (Å²) < 4.78 is 1.77. The maximum absolute atomic E-state index is 12.7. The van der Waals surface area contributed by atoms with Crippen LogP contribution in [0.15, 0.2) is 42.6 Å². The van der Waals surface area contributed by atoms with Crippen molar-refractivity contribution in [3.8, 4) is 5.82 Å². The maximum Gasteiger partial charge on any atom is 0.262 e. The van der Waals surface area contributed by atoms with Crippen molar-refractivity contribution in [3.05, 3.63) is 69.3 Å². The van der Waals surface area contributed by atoms with Crippen LogP contribution in [0.25, 0.3) is 5.82 Å². The van der Waals surface area contributed by atoms with Crippen molar-refractivity contribution < 1.29 is 9.59 Å². The second-order valence-corrected chi connectivity index (χ2v) is 6.58. The summed E-state index contributed by atoms with van der Waals surface area (Å²) in [7, 11) is 0. The van der Waals surface area contributed by atoms with E-state index in [0.717, 1.165) is 0 Å². The van der Waals surface area contributed by atoms with E-state index in [2.05, 4.69) is 15.1 Å². The highest BCUT2D eigenvalue weighted by Gasteiger charge is 2.40. The molecule has 1 aliphatic rings. The standard InChI is InChI=1S/C17H12ClN5O2S/c1-9(22-15(24)11-4-2-3-5-12(11)16(22)25)14-20-17(26)21-23(14)13-7-6-10(18)8-19-13/h2-9H,1H3,(H,21,26).